The molecule has 1 amide bonds. The molecule has 2 heterocycles. The van der Waals surface area contributed by atoms with Gasteiger partial charge in [-0.25, -0.2) is 4.98 Å². The van der Waals surface area contributed by atoms with Crippen LogP contribution in [0, 0.1) is 0 Å². The molecule has 2 aromatic heterocycles. The van der Waals surface area contributed by atoms with E-state index in [-0.39, 0.29) is 0 Å². The Morgan fingerprint density at radius 2 is 2.21 bits per heavy atom. The highest BCUT2D eigenvalue weighted by Gasteiger charge is 2.29. The molecule has 1 aliphatic rings. The van der Waals surface area contributed by atoms with Gasteiger partial charge in [0.1, 0.15) is 17.8 Å². The number of hydrogen-bond acceptors (Lipinski definition) is 8. The van der Waals surface area contributed by atoms with Gasteiger partial charge in [0.15, 0.2) is 0 Å². The third-order valence-corrected chi connectivity index (χ3v) is 4.61. The highest BCUT2D eigenvalue weighted by atomic mass is 16.5. The zero-order chi connectivity index (χ0) is 19.5. The predicted molar refractivity (Wildman–Crippen MR) is 105 cm³/mol. The minimum Gasteiger partial charge on any atom is -0.399 e. The monoisotopic (exact) mass is 379 g/mol. The average molecular weight is 379 g/mol. The highest BCUT2D eigenvalue weighted by Crippen LogP contribution is 2.31. The zero-order valence-electron chi connectivity index (χ0n) is 15.4. The van der Waals surface area contributed by atoms with E-state index in [1.807, 2.05) is 36.2 Å². The number of rotatable bonds is 8. The van der Waals surface area contributed by atoms with Gasteiger partial charge in [0.25, 0.3) is 0 Å². The van der Waals surface area contributed by atoms with Crippen molar-refractivity contribution in [2.24, 2.45) is 0 Å². The lowest BCUT2D eigenvalue weighted by molar-refractivity contribution is -0.119. The molecule has 3 N–H and O–H groups in total. The normalized spacial score (nSPS) is 13.2. The van der Waals surface area contributed by atoms with Crippen LogP contribution in [-0.4, -0.2) is 39.5 Å². The third kappa shape index (κ3) is 3.88. The molecule has 1 aromatic carbocycles. The number of aromatic nitrogens is 3. The Labute approximate surface area is 162 Å². The number of nitrogens with two attached hydrogens (primary N) is 1. The standard InChI is InChI=1S/C19H21N7O2/c1-25(17-4-2-3-14(20)7-17)18-13(10-26(12-27)16-5-6-16)8-21-19(24-18)23-15-9-22-28-11-15/h2-4,7-9,11-12,16H,5-6,10,20H2,1H3,(H,21,23,24). The summed E-state index contributed by atoms with van der Waals surface area (Å²) in [6, 6.07) is 7.85. The van der Waals surface area contributed by atoms with E-state index in [4.69, 9.17) is 10.3 Å². The van der Waals surface area contributed by atoms with E-state index in [2.05, 4.69) is 20.4 Å². The summed E-state index contributed by atoms with van der Waals surface area (Å²) >= 11 is 0. The van der Waals surface area contributed by atoms with Crippen molar-refractivity contribution in [1.82, 2.24) is 20.0 Å². The highest BCUT2D eigenvalue weighted by molar-refractivity contribution is 5.67. The van der Waals surface area contributed by atoms with Gasteiger partial charge in [-0.3, -0.25) is 4.79 Å². The number of amides is 1. The molecule has 28 heavy (non-hydrogen) atoms. The second-order valence-electron chi connectivity index (χ2n) is 6.74. The first-order valence-electron chi connectivity index (χ1n) is 8.96. The van der Waals surface area contributed by atoms with E-state index >= 15 is 0 Å². The number of carbonyl (C=O) groups excluding carboxylic acids is 1. The maximum absolute atomic E-state index is 11.5. The van der Waals surface area contributed by atoms with Crippen LogP contribution in [0.5, 0.6) is 0 Å². The van der Waals surface area contributed by atoms with Gasteiger partial charge >= 0.3 is 0 Å². The van der Waals surface area contributed by atoms with Crippen LogP contribution < -0.4 is 16.0 Å². The van der Waals surface area contributed by atoms with Crippen molar-refractivity contribution in [2.45, 2.75) is 25.4 Å². The first-order valence-corrected chi connectivity index (χ1v) is 8.96. The van der Waals surface area contributed by atoms with Crippen LogP contribution in [0.1, 0.15) is 18.4 Å². The van der Waals surface area contributed by atoms with E-state index in [9.17, 15) is 4.79 Å². The fourth-order valence-electron chi connectivity index (χ4n) is 2.97. The van der Waals surface area contributed by atoms with Crippen molar-refractivity contribution in [2.75, 3.05) is 23.0 Å². The molecule has 4 rings (SSSR count). The Morgan fingerprint density at radius 1 is 1.36 bits per heavy atom. The van der Waals surface area contributed by atoms with Gasteiger partial charge in [0.2, 0.25) is 12.4 Å². The van der Waals surface area contributed by atoms with Crippen molar-refractivity contribution in [3.05, 3.63) is 48.5 Å². The molecular formula is C19H21N7O2. The Morgan fingerprint density at radius 3 is 2.89 bits per heavy atom. The molecule has 144 valence electrons. The first kappa shape index (κ1) is 17.8. The van der Waals surface area contributed by atoms with E-state index in [1.54, 1.807) is 17.3 Å². The molecule has 0 aliphatic heterocycles. The molecule has 1 aliphatic carbocycles. The number of hydrogen-bond donors (Lipinski definition) is 2. The number of nitrogen functional groups attached to an aromatic ring is 1. The molecule has 0 spiro atoms. The molecule has 9 nitrogen and oxygen atoms in total. The number of benzene rings is 1. The Bertz CT molecular complexity index is 957. The minimum absolute atomic E-state index is 0.304. The molecule has 0 saturated heterocycles. The van der Waals surface area contributed by atoms with Gasteiger partial charge < -0.3 is 25.4 Å². The van der Waals surface area contributed by atoms with Crippen LogP contribution in [0.25, 0.3) is 0 Å². The molecule has 9 heteroatoms. The van der Waals surface area contributed by atoms with Crippen molar-refractivity contribution in [3.63, 3.8) is 0 Å². The van der Waals surface area contributed by atoms with Crippen molar-refractivity contribution < 1.29 is 9.32 Å². The van der Waals surface area contributed by atoms with Crippen LogP contribution in [0.3, 0.4) is 0 Å². The van der Waals surface area contributed by atoms with Crippen LogP contribution in [0.4, 0.5) is 28.8 Å². The molecule has 0 radical (unpaired) electrons. The van der Waals surface area contributed by atoms with Crippen LogP contribution in [-0.2, 0) is 11.3 Å². The number of carbonyl (C=O) groups is 1. The molecule has 1 saturated carbocycles. The average Bonchev–Trinajstić information content (AvgIpc) is 3.42. The van der Waals surface area contributed by atoms with Crippen LogP contribution in [0.2, 0.25) is 0 Å². The quantitative estimate of drug-likeness (QED) is 0.454. The summed E-state index contributed by atoms with van der Waals surface area (Å²) < 4.78 is 4.83. The van der Waals surface area contributed by atoms with E-state index < -0.39 is 0 Å². The van der Waals surface area contributed by atoms with E-state index in [0.717, 1.165) is 30.5 Å². The lowest BCUT2D eigenvalue weighted by Crippen LogP contribution is -2.25. The number of nitrogens with zero attached hydrogens (tertiary/aromatic N) is 5. The molecule has 3 aromatic rings. The lowest BCUT2D eigenvalue weighted by atomic mass is 10.2. The molecule has 0 bridgehead atoms. The summed E-state index contributed by atoms with van der Waals surface area (Å²) in [5.41, 5.74) is 8.99. The molecule has 0 unspecified atom stereocenters. The van der Waals surface area contributed by atoms with E-state index in [0.29, 0.717) is 35.7 Å². The summed E-state index contributed by atoms with van der Waals surface area (Å²) in [6.45, 7) is 0.448. The molecular weight excluding hydrogens is 358 g/mol. The van der Waals surface area contributed by atoms with Gasteiger partial charge in [-0.05, 0) is 31.0 Å². The molecule has 1 fully saturated rings. The van der Waals surface area contributed by atoms with Crippen LogP contribution in [0.15, 0.2) is 47.4 Å². The fourth-order valence-corrected chi connectivity index (χ4v) is 2.97. The van der Waals surface area contributed by atoms with Gasteiger partial charge in [0, 0.05) is 36.2 Å². The lowest BCUT2D eigenvalue weighted by Gasteiger charge is -2.24. The van der Waals surface area contributed by atoms with Gasteiger partial charge in [-0.15, -0.1) is 0 Å². The zero-order valence-corrected chi connectivity index (χ0v) is 15.4. The Balaban J connectivity index is 1.68. The van der Waals surface area contributed by atoms with E-state index in [1.165, 1.54) is 6.26 Å². The second kappa shape index (κ2) is 7.55. The largest absolute Gasteiger partial charge is 0.399 e. The predicted octanol–water partition coefficient (Wildman–Crippen LogP) is 2.68. The van der Waals surface area contributed by atoms with Crippen molar-refractivity contribution in [1.29, 1.82) is 0 Å². The SMILES string of the molecule is CN(c1cccc(N)c1)c1nc(Nc2cnoc2)ncc1CN(C=O)C1CC1. The van der Waals surface area contributed by atoms with Gasteiger partial charge in [0.05, 0.1) is 12.7 Å². The minimum atomic E-state index is 0.304. The maximum atomic E-state index is 11.5. The topological polar surface area (TPSA) is 113 Å². The summed E-state index contributed by atoms with van der Waals surface area (Å²) in [5.74, 6) is 1.09. The number of nitrogens with one attached hydrogen (secondary N) is 1. The van der Waals surface area contributed by atoms with Gasteiger partial charge in [-0.1, -0.05) is 11.2 Å². The smallest absolute Gasteiger partial charge is 0.229 e. The van der Waals surface area contributed by atoms with Crippen molar-refractivity contribution in [3.8, 4) is 0 Å². The van der Waals surface area contributed by atoms with Crippen molar-refractivity contribution >= 4 is 35.2 Å². The number of anilines is 5. The Kier molecular flexibility index (Phi) is 4.79. The summed E-state index contributed by atoms with van der Waals surface area (Å²) in [7, 11) is 1.91. The first-order chi connectivity index (χ1) is 13.6. The second-order valence-corrected chi connectivity index (χ2v) is 6.74. The molecule has 0 atom stereocenters. The summed E-state index contributed by atoms with van der Waals surface area (Å²) in [6.07, 6.45) is 7.71. The van der Waals surface area contributed by atoms with Crippen LogP contribution >= 0.6 is 0 Å². The van der Waals surface area contributed by atoms with Gasteiger partial charge in [-0.2, -0.15) is 4.98 Å². The third-order valence-electron chi connectivity index (χ3n) is 4.61. The summed E-state index contributed by atoms with van der Waals surface area (Å²) in [4.78, 5) is 24.3. The summed E-state index contributed by atoms with van der Waals surface area (Å²) in [5, 5.41) is 6.72. The fraction of sp³-hybridized carbons (Fsp3) is 0.263. The Hall–Kier alpha value is -3.62. The maximum Gasteiger partial charge on any atom is 0.229 e.